The van der Waals surface area contributed by atoms with Crippen LogP contribution in [0, 0.1) is 0 Å². The van der Waals surface area contributed by atoms with Crippen LogP contribution in [0.15, 0.2) is 24.5 Å². The molecule has 0 saturated heterocycles. The van der Waals surface area contributed by atoms with Crippen LogP contribution in [0.25, 0.3) is 0 Å². The standard InChI is InChI=1S/C16H22N4O/c1-11(15-19-18-10-20(15)4)17-9-12-5-6-14-13(7-12)8-16(2,3)21-14/h5-7,10-11,17H,8-9H2,1-4H3. The lowest BCUT2D eigenvalue weighted by atomic mass is 10.0. The highest BCUT2D eigenvalue weighted by molar-refractivity contribution is 5.41. The van der Waals surface area contributed by atoms with Crippen LogP contribution in [-0.2, 0) is 20.0 Å². The van der Waals surface area contributed by atoms with E-state index in [1.54, 1.807) is 6.33 Å². The van der Waals surface area contributed by atoms with E-state index in [-0.39, 0.29) is 11.6 Å². The predicted octanol–water partition coefficient (Wildman–Crippen LogP) is 2.38. The molecule has 1 aliphatic rings. The van der Waals surface area contributed by atoms with Gasteiger partial charge in [0.15, 0.2) is 0 Å². The first kappa shape index (κ1) is 14.1. The number of rotatable bonds is 4. The van der Waals surface area contributed by atoms with Gasteiger partial charge in [0.05, 0.1) is 6.04 Å². The van der Waals surface area contributed by atoms with E-state index in [0.717, 1.165) is 24.5 Å². The average molecular weight is 286 g/mol. The minimum absolute atomic E-state index is 0.0830. The van der Waals surface area contributed by atoms with Gasteiger partial charge in [0, 0.05) is 20.0 Å². The van der Waals surface area contributed by atoms with Crippen LogP contribution in [-0.4, -0.2) is 20.4 Å². The van der Waals surface area contributed by atoms with Crippen LogP contribution in [0.5, 0.6) is 5.75 Å². The van der Waals surface area contributed by atoms with Gasteiger partial charge >= 0.3 is 0 Å². The molecule has 0 spiro atoms. The number of nitrogens with one attached hydrogen (secondary N) is 1. The van der Waals surface area contributed by atoms with Gasteiger partial charge in [-0.1, -0.05) is 12.1 Å². The van der Waals surface area contributed by atoms with E-state index in [9.17, 15) is 0 Å². The zero-order valence-electron chi connectivity index (χ0n) is 13.1. The van der Waals surface area contributed by atoms with Gasteiger partial charge in [-0.05, 0) is 38.0 Å². The average Bonchev–Trinajstić information content (AvgIpc) is 2.96. The van der Waals surface area contributed by atoms with Crippen LogP contribution < -0.4 is 10.1 Å². The van der Waals surface area contributed by atoms with E-state index >= 15 is 0 Å². The number of hydrogen-bond donors (Lipinski definition) is 1. The number of benzene rings is 1. The summed E-state index contributed by atoms with van der Waals surface area (Å²) in [5.74, 6) is 1.96. The second-order valence-electron chi connectivity index (χ2n) is 6.38. The van der Waals surface area contributed by atoms with Crippen molar-refractivity contribution < 1.29 is 4.74 Å². The Kier molecular flexibility index (Phi) is 3.45. The van der Waals surface area contributed by atoms with E-state index in [0.29, 0.717) is 0 Å². The fourth-order valence-corrected chi connectivity index (χ4v) is 2.82. The van der Waals surface area contributed by atoms with Crippen molar-refractivity contribution in [1.29, 1.82) is 0 Å². The van der Waals surface area contributed by atoms with Crippen molar-refractivity contribution in [3.8, 4) is 5.75 Å². The van der Waals surface area contributed by atoms with Crippen LogP contribution >= 0.6 is 0 Å². The van der Waals surface area contributed by atoms with Gasteiger partial charge in [0.25, 0.3) is 0 Å². The number of hydrogen-bond acceptors (Lipinski definition) is 4. The van der Waals surface area contributed by atoms with E-state index in [4.69, 9.17) is 4.74 Å². The first-order chi connectivity index (χ1) is 9.94. The second-order valence-corrected chi connectivity index (χ2v) is 6.38. The molecule has 21 heavy (non-hydrogen) atoms. The van der Waals surface area contributed by atoms with Crippen LogP contribution in [0.3, 0.4) is 0 Å². The fourth-order valence-electron chi connectivity index (χ4n) is 2.82. The Hall–Kier alpha value is -1.88. The highest BCUT2D eigenvalue weighted by Gasteiger charge is 2.29. The van der Waals surface area contributed by atoms with Crippen molar-refractivity contribution in [2.45, 2.75) is 45.4 Å². The first-order valence-corrected chi connectivity index (χ1v) is 7.33. The molecule has 0 aliphatic carbocycles. The molecule has 0 radical (unpaired) electrons. The molecule has 2 aromatic rings. The molecule has 2 heterocycles. The van der Waals surface area contributed by atoms with E-state index in [1.165, 1.54) is 11.1 Å². The summed E-state index contributed by atoms with van der Waals surface area (Å²) in [7, 11) is 1.96. The van der Waals surface area contributed by atoms with E-state index in [2.05, 4.69) is 54.5 Å². The Labute approximate surface area is 125 Å². The van der Waals surface area contributed by atoms with Crippen molar-refractivity contribution in [2.24, 2.45) is 7.05 Å². The summed E-state index contributed by atoms with van der Waals surface area (Å²) >= 11 is 0. The predicted molar refractivity (Wildman–Crippen MR) is 81.1 cm³/mol. The minimum Gasteiger partial charge on any atom is -0.487 e. The third kappa shape index (κ3) is 2.93. The second kappa shape index (κ2) is 5.15. The molecule has 0 bridgehead atoms. The maximum absolute atomic E-state index is 5.91. The monoisotopic (exact) mass is 286 g/mol. The zero-order valence-corrected chi connectivity index (χ0v) is 13.1. The smallest absolute Gasteiger partial charge is 0.149 e. The van der Waals surface area contributed by atoms with Crippen LogP contribution in [0.1, 0.15) is 43.8 Å². The number of fused-ring (bicyclic) bond motifs is 1. The first-order valence-electron chi connectivity index (χ1n) is 7.33. The Morgan fingerprint density at radius 3 is 2.95 bits per heavy atom. The normalized spacial score (nSPS) is 17.3. The number of nitrogens with zero attached hydrogens (tertiary/aromatic N) is 3. The number of aromatic nitrogens is 3. The molecule has 1 aromatic heterocycles. The lowest BCUT2D eigenvalue weighted by molar-refractivity contribution is 0.138. The van der Waals surface area contributed by atoms with Gasteiger partial charge in [-0.25, -0.2) is 0 Å². The van der Waals surface area contributed by atoms with Crippen molar-refractivity contribution in [3.05, 3.63) is 41.5 Å². The summed E-state index contributed by atoms with van der Waals surface area (Å²) in [6.07, 6.45) is 2.69. The highest BCUT2D eigenvalue weighted by atomic mass is 16.5. The summed E-state index contributed by atoms with van der Waals surface area (Å²) in [5, 5.41) is 11.5. The Balaban J connectivity index is 1.66. The Morgan fingerprint density at radius 1 is 1.43 bits per heavy atom. The molecule has 1 aromatic carbocycles. The highest BCUT2D eigenvalue weighted by Crippen LogP contribution is 2.35. The van der Waals surface area contributed by atoms with Gasteiger partial charge in [0.2, 0.25) is 0 Å². The molecule has 0 amide bonds. The van der Waals surface area contributed by atoms with Crippen LogP contribution in [0.4, 0.5) is 0 Å². The molecule has 5 nitrogen and oxygen atoms in total. The van der Waals surface area contributed by atoms with Crippen molar-refractivity contribution in [2.75, 3.05) is 0 Å². The van der Waals surface area contributed by atoms with Crippen molar-refractivity contribution in [1.82, 2.24) is 20.1 Å². The molecular weight excluding hydrogens is 264 g/mol. The Bertz CT molecular complexity index is 647. The van der Waals surface area contributed by atoms with Gasteiger partial charge < -0.3 is 14.6 Å². The van der Waals surface area contributed by atoms with Gasteiger partial charge in [0.1, 0.15) is 23.5 Å². The molecule has 1 unspecified atom stereocenters. The fraction of sp³-hybridized carbons (Fsp3) is 0.500. The molecule has 3 rings (SSSR count). The summed E-state index contributed by atoms with van der Waals surface area (Å²) in [4.78, 5) is 0. The summed E-state index contributed by atoms with van der Waals surface area (Å²) in [6.45, 7) is 7.16. The summed E-state index contributed by atoms with van der Waals surface area (Å²) in [5.41, 5.74) is 2.48. The lowest BCUT2D eigenvalue weighted by Gasteiger charge is -2.16. The van der Waals surface area contributed by atoms with E-state index < -0.39 is 0 Å². The molecule has 5 heteroatoms. The molecule has 1 aliphatic heterocycles. The number of aryl methyl sites for hydroxylation is 1. The van der Waals surface area contributed by atoms with Gasteiger partial charge in [-0.2, -0.15) is 0 Å². The van der Waals surface area contributed by atoms with Gasteiger partial charge in [-0.3, -0.25) is 0 Å². The SMILES string of the molecule is CC(NCc1ccc2c(c1)CC(C)(C)O2)c1nncn1C. The maximum Gasteiger partial charge on any atom is 0.149 e. The number of ether oxygens (including phenoxy) is 1. The quantitative estimate of drug-likeness (QED) is 0.937. The third-order valence-corrected chi connectivity index (χ3v) is 3.87. The summed E-state index contributed by atoms with van der Waals surface area (Å²) < 4.78 is 7.85. The summed E-state index contributed by atoms with van der Waals surface area (Å²) in [6, 6.07) is 6.60. The molecule has 0 saturated carbocycles. The molecule has 112 valence electrons. The largest absolute Gasteiger partial charge is 0.487 e. The van der Waals surface area contributed by atoms with Crippen molar-refractivity contribution >= 4 is 0 Å². The van der Waals surface area contributed by atoms with Crippen LogP contribution in [0.2, 0.25) is 0 Å². The van der Waals surface area contributed by atoms with Gasteiger partial charge in [-0.15, -0.1) is 10.2 Å². The third-order valence-electron chi connectivity index (χ3n) is 3.87. The molecule has 1 atom stereocenters. The van der Waals surface area contributed by atoms with Crippen molar-refractivity contribution in [3.63, 3.8) is 0 Å². The topological polar surface area (TPSA) is 52.0 Å². The van der Waals surface area contributed by atoms with E-state index in [1.807, 2.05) is 11.6 Å². The Morgan fingerprint density at radius 2 is 2.24 bits per heavy atom. The zero-order chi connectivity index (χ0) is 15.0. The minimum atomic E-state index is -0.0830. The molecule has 0 fully saturated rings. The molecule has 1 N–H and O–H groups in total. The molecular formula is C16H22N4O. The lowest BCUT2D eigenvalue weighted by Crippen LogP contribution is -2.24. The maximum atomic E-state index is 5.91.